The molecule has 1 aromatic rings. The van der Waals surface area contributed by atoms with Gasteiger partial charge in [0.1, 0.15) is 0 Å². The van der Waals surface area contributed by atoms with Gasteiger partial charge in [0.05, 0.1) is 6.61 Å². The smallest absolute Gasteiger partial charge is 0.0507 e. The summed E-state index contributed by atoms with van der Waals surface area (Å²) in [6.45, 7) is 5.94. The molecule has 0 saturated carbocycles. The summed E-state index contributed by atoms with van der Waals surface area (Å²) in [4.78, 5) is 0. The van der Waals surface area contributed by atoms with Gasteiger partial charge in [-0.3, -0.25) is 0 Å². The summed E-state index contributed by atoms with van der Waals surface area (Å²) >= 11 is 3.60. The fourth-order valence-electron chi connectivity index (χ4n) is 1.95. The minimum atomic E-state index is 0.698. The van der Waals surface area contributed by atoms with Crippen LogP contribution in [0.15, 0.2) is 22.7 Å². The lowest BCUT2D eigenvalue weighted by atomic mass is 10.1. The zero-order chi connectivity index (χ0) is 11.4. The molecule has 1 aliphatic rings. The van der Waals surface area contributed by atoms with Crippen molar-refractivity contribution in [3.8, 4) is 0 Å². The molecule has 0 bridgehead atoms. The Kier molecular flexibility index (Phi) is 4.38. The molecule has 1 heterocycles. The molecule has 1 saturated heterocycles. The molecule has 1 fully saturated rings. The van der Waals surface area contributed by atoms with Crippen LogP contribution in [0.5, 0.6) is 0 Å². The third kappa shape index (κ3) is 3.30. The van der Waals surface area contributed by atoms with Crippen molar-refractivity contribution in [2.75, 3.05) is 19.8 Å². The number of rotatable bonds is 4. The standard InChI is InChI=1S/C13H18BrNO/c1-10-2-3-12(13(14)6-10)8-15-7-11-4-5-16-9-11/h2-3,6,11,15H,4-5,7-9H2,1H3. The van der Waals surface area contributed by atoms with Gasteiger partial charge in [-0.1, -0.05) is 28.1 Å². The maximum atomic E-state index is 5.35. The van der Waals surface area contributed by atoms with E-state index in [2.05, 4.69) is 46.4 Å². The lowest BCUT2D eigenvalue weighted by Crippen LogP contribution is -2.22. The monoisotopic (exact) mass is 283 g/mol. The number of halogens is 1. The van der Waals surface area contributed by atoms with Crippen LogP contribution < -0.4 is 5.32 Å². The molecule has 1 atom stereocenters. The van der Waals surface area contributed by atoms with Crippen LogP contribution in [0.2, 0.25) is 0 Å². The van der Waals surface area contributed by atoms with Crippen LogP contribution in [0, 0.1) is 12.8 Å². The molecule has 0 spiro atoms. The number of benzene rings is 1. The molecule has 2 nitrogen and oxygen atoms in total. The lowest BCUT2D eigenvalue weighted by molar-refractivity contribution is 0.185. The third-order valence-electron chi connectivity index (χ3n) is 2.98. The number of aryl methyl sites for hydroxylation is 1. The van der Waals surface area contributed by atoms with Gasteiger partial charge in [-0.25, -0.2) is 0 Å². The van der Waals surface area contributed by atoms with Gasteiger partial charge in [-0.05, 0) is 36.5 Å². The predicted octanol–water partition coefficient (Wildman–Crippen LogP) is 2.88. The summed E-state index contributed by atoms with van der Waals surface area (Å²) in [5.74, 6) is 0.698. The number of nitrogens with one attached hydrogen (secondary N) is 1. The average molecular weight is 284 g/mol. The zero-order valence-corrected chi connectivity index (χ0v) is 11.2. The van der Waals surface area contributed by atoms with Crippen molar-refractivity contribution >= 4 is 15.9 Å². The van der Waals surface area contributed by atoms with Crippen molar-refractivity contribution in [2.24, 2.45) is 5.92 Å². The fraction of sp³-hybridized carbons (Fsp3) is 0.538. The van der Waals surface area contributed by atoms with Crippen LogP contribution in [0.3, 0.4) is 0 Å². The quantitative estimate of drug-likeness (QED) is 0.918. The lowest BCUT2D eigenvalue weighted by Gasteiger charge is -2.10. The van der Waals surface area contributed by atoms with Crippen molar-refractivity contribution in [3.63, 3.8) is 0 Å². The first-order valence-corrected chi connectivity index (χ1v) is 6.58. The highest BCUT2D eigenvalue weighted by Gasteiger charge is 2.14. The van der Waals surface area contributed by atoms with Gasteiger partial charge in [0.2, 0.25) is 0 Å². The highest BCUT2D eigenvalue weighted by molar-refractivity contribution is 9.10. The molecule has 1 N–H and O–H groups in total. The fourth-order valence-corrected chi connectivity index (χ4v) is 2.58. The topological polar surface area (TPSA) is 21.3 Å². The molecule has 88 valence electrons. The molecular weight excluding hydrogens is 266 g/mol. The number of hydrogen-bond donors (Lipinski definition) is 1. The van der Waals surface area contributed by atoms with E-state index >= 15 is 0 Å². The molecule has 1 aromatic carbocycles. The van der Waals surface area contributed by atoms with E-state index in [1.54, 1.807) is 0 Å². The molecule has 0 amide bonds. The van der Waals surface area contributed by atoms with Crippen LogP contribution in [-0.4, -0.2) is 19.8 Å². The highest BCUT2D eigenvalue weighted by atomic mass is 79.9. The Morgan fingerprint density at radius 3 is 3.06 bits per heavy atom. The van der Waals surface area contributed by atoms with Gasteiger partial charge >= 0.3 is 0 Å². The Bertz CT molecular complexity index is 348. The van der Waals surface area contributed by atoms with Gasteiger partial charge in [0.25, 0.3) is 0 Å². The van der Waals surface area contributed by atoms with Crippen LogP contribution in [0.25, 0.3) is 0 Å². The van der Waals surface area contributed by atoms with Crippen molar-refractivity contribution in [1.29, 1.82) is 0 Å². The van der Waals surface area contributed by atoms with Crippen LogP contribution in [0.4, 0.5) is 0 Å². The summed E-state index contributed by atoms with van der Waals surface area (Å²) in [6.07, 6.45) is 1.20. The first-order chi connectivity index (χ1) is 7.75. The predicted molar refractivity (Wildman–Crippen MR) is 69.5 cm³/mol. The van der Waals surface area contributed by atoms with Gasteiger partial charge in [0.15, 0.2) is 0 Å². The largest absolute Gasteiger partial charge is 0.381 e. The molecule has 0 aromatic heterocycles. The summed E-state index contributed by atoms with van der Waals surface area (Å²) in [5, 5.41) is 3.49. The Morgan fingerprint density at radius 2 is 2.38 bits per heavy atom. The maximum Gasteiger partial charge on any atom is 0.0507 e. The highest BCUT2D eigenvalue weighted by Crippen LogP contribution is 2.18. The molecular formula is C13H18BrNO. The van der Waals surface area contributed by atoms with Crippen LogP contribution >= 0.6 is 15.9 Å². The van der Waals surface area contributed by atoms with E-state index in [1.165, 1.54) is 22.0 Å². The number of hydrogen-bond acceptors (Lipinski definition) is 2. The second-order valence-corrected chi connectivity index (χ2v) is 5.31. The molecule has 2 rings (SSSR count). The zero-order valence-electron chi connectivity index (χ0n) is 9.63. The summed E-state index contributed by atoms with van der Waals surface area (Å²) in [5.41, 5.74) is 2.62. The molecule has 0 aliphatic carbocycles. The van der Waals surface area contributed by atoms with E-state index in [0.717, 1.165) is 26.3 Å². The SMILES string of the molecule is Cc1ccc(CNCC2CCOC2)c(Br)c1. The molecule has 1 aliphatic heterocycles. The number of ether oxygens (including phenoxy) is 1. The Morgan fingerprint density at radius 1 is 1.50 bits per heavy atom. The van der Waals surface area contributed by atoms with E-state index in [0.29, 0.717) is 5.92 Å². The summed E-state index contributed by atoms with van der Waals surface area (Å²) < 4.78 is 6.55. The van der Waals surface area contributed by atoms with E-state index in [4.69, 9.17) is 4.74 Å². The maximum absolute atomic E-state index is 5.35. The summed E-state index contributed by atoms with van der Waals surface area (Å²) in [6, 6.07) is 6.49. The van der Waals surface area contributed by atoms with Crippen molar-refractivity contribution in [2.45, 2.75) is 19.9 Å². The minimum Gasteiger partial charge on any atom is -0.381 e. The molecule has 0 radical (unpaired) electrons. The average Bonchev–Trinajstić information content (AvgIpc) is 2.74. The molecule has 16 heavy (non-hydrogen) atoms. The van der Waals surface area contributed by atoms with E-state index in [9.17, 15) is 0 Å². The van der Waals surface area contributed by atoms with Crippen LogP contribution in [0.1, 0.15) is 17.5 Å². The van der Waals surface area contributed by atoms with Gasteiger partial charge in [0, 0.05) is 24.2 Å². The Labute approximate surface area is 106 Å². The first-order valence-electron chi connectivity index (χ1n) is 5.79. The minimum absolute atomic E-state index is 0.698. The van der Waals surface area contributed by atoms with Gasteiger partial charge in [-0.2, -0.15) is 0 Å². The normalized spacial score (nSPS) is 20.2. The first kappa shape index (κ1) is 12.1. The van der Waals surface area contributed by atoms with Crippen molar-refractivity contribution < 1.29 is 4.74 Å². The van der Waals surface area contributed by atoms with Crippen LogP contribution in [-0.2, 0) is 11.3 Å². The third-order valence-corrected chi connectivity index (χ3v) is 3.72. The van der Waals surface area contributed by atoms with Gasteiger partial charge < -0.3 is 10.1 Å². The van der Waals surface area contributed by atoms with E-state index in [1.807, 2.05) is 0 Å². The Balaban J connectivity index is 1.80. The Hall–Kier alpha value is -0.380. The summed E-state index contributed by atoms with van der Waals surface area (Å²) in [7, 11) is 0. The van der Waals surface area contributed by atoms with E-state index in [-0.39, 0.29) is 0 Å². The van der Waals surface area contributed by atoms with Gasteiger partial charge in [-0.15, -0.1) is 0 Å². The molecule has 3 heteroatoms. The van der Waals surface area contributed by atoms with Crippen molar-refractivity contribution in [1.82, 2.24) is 5.32 Å². The second-order valence-electron chi connectivity index (χ2n) is 4.46. The second kappa shape index (κ2) is 5.80. The van der Waals surface area contributed by atoms with Crippen molar-refractivity contribution in [3.05, 3.63) is 33.8 Å². The molecule has 1 unspecified atom stereocenters. The van der Waals surface area contributed by atoms with E-state index < -0.39 is 0 Å².